The Kier molecular flexibility index (Phi) is 5.09. The first kappa shape index (κ1) is 15.8. The second kappa shape index (κ2) is 5.80. The highest BCUT2D eigenvalue weighted by molar-refractivity contribution is 6.67. The molecule has 0 saturated carbocycles. The summed E-state index contributed by atoms with van der Waals surface area (Å²) >= 11 is 22.6. The third kappa shape index (κ3) is 4.14. The molecule has 0 saturated heterocycles. The van der Waals surface area contributed by atoms with Gasteiger partial charge in [0.15, 0.2) is 3.79 Å². The lowest BCUT2D eigenvalue weighted by molar-refractivity contribution is -0.385. The smallest absolute Gasteiger partial charge is 0.269 e. The van der Waals surface area contributed by atoms with Gasteiger partial charge in [-0.05, 0) is 5.56 Å². The molecule has 0 aliphatic rings. The minimum Gasteiger partial charge on any atom is -0.384 e. The third-order valence-electron chi connectivity index (χ3n) is 2.31. The van der Waals surface area contributed by atoms with Crippen LogP contribution in [0.2, 0.25) is 0 Å². The average molecular weight is 333 g/mol. The van der Waals surface area contributed by atoms with Crippen LogP contribution in [-0.2, 0) is 5.60 Å². The zero-order valence-corrected chi connectivity index (χ0v) is 12.0. The van der Waals surface area contributed by atoms with Crippen LogP contribution in [0.1, 0.15) is 12.0 Å². The fourth-order valence-electron chi connectivity index (χ4n) is 1.47. The van der Waals surface area contributed by atoms with E-state index in [1.54, 1.807) is 0 Å². The van der Waals surface area contributed by atoms with Crippen molar-refractivity contribution in [3.05, 3.63) is 39.9 Å². The minimum absolute atomic E-state index is 0.166. The lowest BCUT2D eigenvalue weighted by Gasteiger charge is -2.29. The maximum absolute atomic E-state index is 10.7. The van der Waals surface area contributed by atoms with E-state index in [-0.39, 0.29) is 23.6 Å². The molecule has 0 fully saturated rings. The van der Waals surface area contributed by atoms with E-state index in [1.807, 2.05) is 0 Å². The highest BCUT2D eigenvalue weighted by Crippen LogP contribution is 2.41. The summed E-state index contributed by atoms with van der Waals surface area (Å²) < 4.78 is -1.71. The van der Waals surface area contributed by atoms with E-state index in [0.29, 0.717) is 0 Å². The van der Waals surface area contributed by atoms with Crippen molar-refractivity contribution in [3.63, 3.8) is 0 Å². The summed E-state index contributed by atoms with van der Waals surface area (Å²) in [4.78, 5) is 10.1. The predicted octanol–water partition coefficient (Wildman–Crippen LogP) is 3.78. The number of alkyl halides is 4. The number of nitrogens with zero attached hydrogens (tertiary/aromatic N) is 1. The van der Waals surface area contributed by atoms with Crippen LogP contribution < -0.4 is 0 Å². The van der Waals surface area contributed by atoms with E-state index >= 15 is 0 Å². The molecular formula is C10H9Cl4NO3. The van der Waals surface area contributed by atoms with Gasteiger partial charge < -0.3 is 5.11 Å². The fraction of sp³-hybridized carbons (Fsp3) is 0.400. The van der Waals surface area contributed by atoms with E-state index < -0.39 is 14.3 Å². The summed E-state index contributed by atoms with van der Waals surface area (Å²) in [6.07, 6.45) is -0.269. The molecule has 0 aliphatic heterocycles. The fourth-order valence-corrected chi connectivity index (χ4v) is 2.38. The molecule has 100 valence electrons. The molecule has 1 atom stereocenters. The molecule has 0 amide bonds. The minimum atomic E-state index is -1.71. The lowest BCUT2D eigenvalue weighted by atomic mass is 9.92. The quantitative estimate of drug-likeness (QED) is 0.518. The van der Waals surface area contributed by atoms with E-state index in [1.165, 1.54) is 24.3 Å². The van der Waals surface area contributed by atoms with Gasteiger partial charge in [0.25, 0.3) is 5.69 Å². The van der Waals surface area contributed by atoms with Crippen molar-refractivity contribution in [2.75, 3.05) is 5.88 Å². The van der Waals surface area contributed by atoms with Crippen molar-refractivity contribution in [1.82, 2.24) is 0 Å². The Hall–Kier alpha value is -0.260. The van der Waals surface area contributed by atoms with Gasteiger partial charge in [-0.15, -0.1) is 11.6 Å². The number of benzene rings is 1. The van der Waals surface area contributed by atoms with E-state index in [9.17, 15) is 15.2 Å². The Balaban J connectivity index is 3.15. The molecule has 1 rings (SSSR count). The molecule has 1 aromatic rings. The number of nitro groups is 1. The van der Waals surface area contributed by atoms with Gasteiger partial charge in [-0.2, -0.15) is 0 Å². The molecule has 0 heterocycles. The first-order valence-electron chi connectivity index (χ1n) is 4.78. The van der Waals surface area contributed by atoms with E-state index in [4.69, 9.17) is 46.4 Å². The Morgan fingerprint density at radius 2 is 1.94 bits per heavy atom. The standard InChI is InChI=1S/C10H9Cl4NO3/c11-6-9(16,5-10(12,13)14)7-2-1-3-8(4-7)15(17)18/h1-4,16H,5-6H2. The van der Waals surface area contributed by atoms with Gasteiger partial charge in [-0.3, -0.25) is 10.1 Å². The Bertz CT molecular complexity index is 449. The van der Waals surface area contributed by atoms with Crippen molar-refractivity contribution in [2.45, 2.75) is 15.8 Å². The SMILES string of the molecule is O=[N+]([O-])c1cccc(C(O)(CCl)CC(Cl)(Cl)Cl)c1. The molecule has 1 N–H and O–H groups in total. The van der Waals surface area contributed by atoms with Gasteiger partial charge in [-0.1, -0.05) is 46.9 Å². The van der Waals surface area contributed by atoms with Gasteiger partial charge in [-0.25, -0.2) is 0 Å². The summed E-state index contributed by atoms with van der Waals surface area (Å²) in [5.41, 5.74) is -1.57. The predicted molar refractivity (Wildman–Crippen MR) is 72.6 cm³/mol. The van der Waals surface area contributed by atoms with Crippen LogP contribution in [0.5, 0.6) is 0 Å². The monoisotopic (exact) mass is 331 g/mol. The number of non-ortho nitro benzene ring substituents is 1. The third-order valence-corrected chi connectivity index (χ3v) is 3.15. The maximum atomic E-state index is 10.7. The van der Waals surface area contributed by atoms with E-state index in [0.717, 1.165) is 0 Å². The normalized spacial score (nSPS) is 15.2. The summed E-state index contributed by atoms with van der Waals surface area (Å²) in [5.74, 6) is -0.248. The van der Waals surface area contributed by atoms with Crippen LogP contribution in [0.3, 0.4) is 0 Å². The largest absolute Gasteiger partial charge is 0.384 e. The van der Waals surface area contributed by atoms with Crippen LogP contribution in [0.25, 0.3) is 0 Å². The molecule has 18 heavy (non-hydrogen) atoms. The first-order valence-corrected chi connectivity index (χ1v) is 6.45. The van der Waals surface area contributed by atoms with Crippen LogP contribution in [-0.4, -0.2) is 19.7 Å². The summed E-state index contributed by atoms with van der Waals surface area (Å²) in [5, 5.41) is 21.0. The zero-order valence-electron chi connectivity index (χ0n) is 8.95. The average Bonchev–Trinajstić information content (AvgIpc) is 2.27. The van der Waals surface area contributed by atoms with Crippen molar-refractivity contribution in [3.8, 4) is 0 Å². The van der Waals surface area contributed by atoms with Gasteiger partial charge in [0, 0.05) is 18.6 Å². The number of nitro benzene ring substituents is 1. The molecule has 1 unspecified atom stereocenters. The molecule has 1 aromatic carbocycles. The number of rotatable bonds is 4. The molecule has 0 aliphatic carbocycles. The topological polar surface area (TPSA) is 63.4 Å². The van der Waals surface area contributed by atoms with Crippen molar-refractivity contribution in [2.24, 2.45) is 0 Å². The highest BCUT2D eigenvalue weighted by Gasteiger charge is 2.38. The Labute approximate surface area is 124 Å². The molecule has 8 heteroatoms. The highest BCUT2D eigenvalue weighted by atomic mass is 35.6. The van der Waals surface area contributed by atoms with Crippen molar-refractivity contribution < 1.29 is 10.0 Å². The second-order valence-electron chi connectivity index (χ2n) is 3.76. The lowest BCUT2D eigenvalue weighted by Crippen LogP contribution is -2.32. The van der Waals surface area contributed by atoms with Gasteiger partial charge in [0.1, 0.15) is 5.60 Å². The summed E-state index contributed by atoms with van der Waals surface area (Å²) in [6, 6.07) is 5.43. The number of aliphatic hydroxyl groups is 1. The second-order valence-corrected chi connectivity index (χ2v) is 6.55. The zero-order chi connectivity index (χ0) is 14.0. The van der Waals surface area contributed by atoms with Crippen LogP contribution >= 0.6 is 46.4 Å². The Morgan fingerprint density at radius 1 is 1.33 bits per heavy atom. The number of hydrogen-bond donors (Lipinski definition) is 1. The van der Waals surface area contributed by atoms with Gasteiger partial charge in [0.2, 0.25) is 0 Å². The van der Waals surface area contributed by atoms with Crippen LogP contribution in [0.4, 0.5) is 5.69 Å². The van der Waals surface area contributed by atoms with Crippen molar-refractivity contribution >= 4 is 52.1 Å². The molecular weight excluding hydrogens is 324 g/mol. The molecule has 4 nitrogen and oxygen atoms in total. The van der Waals surface area contributed by atoms with Gasteiger partial charge in [0.05, 0.1) is 10.8 Å². The number of halogens is 4. The van der Waals surface area contributed by atoms with Gasteiger partial charge >= 0.3 is 0 Å². The Morgan fingerprint density at radius 3 is 2.39 bits per heavy atom. The molecule has 0 bridgehead atoms. The molecule has 0 aromatic heterocycles. The summed E-state index contributed by atoms with van der Waals surface area (Å²) in [6.45, 7) is 0. The molecule has 0 radical (unpaired) electrons. The van der Waals surface area contributed by atoms with Crippen molar-refractivity contribution in [1.29, 1.82) is 0 Å². The van der Waals surface area contributed by atoms with E-state index in [2.05, 4.69) is 0 Å². The first-order chi connectivity index (χ1) is 8.18. The van der Waals surface area contributed by atoms with Crippen LogP contribution in [0, 0.1) is 10.1 Å². The molecule has 0 spiro atoms. The maximum Gasteiger partial charge on any atom is 0.269 e. The van der Waals surface area contributed by atoms with Crippen LogP contribution in [0.15, 0.2) is 24.3 Å². The summed E-state index contributed by atoms with van der Waals surface area (Å²) in [7, 11) is 0. The number of hydrogen-bond acceptors (Lipinski definition) is 3.